The number of nitrogens with one attached hydrogen (secondary N) is 1. The third-order valence-electron chi connectivity index (χ3n) is 4.41. The van der Waals surface area contributed by atoms with Gasteiger partial charge in [0.25, 0.3) is 0 Å². The Bertz CT molecular complexity index is 700. The van der Waals surface area contributed by atoms with E-state index in [0.29, 0.717) is 5.56 Å². The van der Waals surface area contributed by atoms with Gasteiger partial charge in [0.1, 0.15) is 23.5 Å². The van der Waals surface area contributed by atoms with Crippen LogP contribution in [0.15, 0.2) is 30.3 Å². The van der Waals surface area contributed by atoms with Gasteiger partial charge >= 0.3 is 35.5 Å². The number of carbonyl (C=O) groups excluding carboxylic acids is 2. The van der Waals surface area contributed by atoms with E-state index in [4.69, 9.17) is 5.73 Å². The van der Waals surface area contributed by atoms with Gasteiger partial charge in [-0.15, -0.1) is 11.8 Å². The molecule has 2 heterocycles. The number of hydrogen-bond donors (Lipinski definition) is 3. The van der Waals surface area contributed by atoms with Crippen molar-refractivity contribution >= 4 is 29.5 Å². The number of carboxylic acid groups (broad SMARTS) is 1. The molecule has 2 fully saturated rings. The number of benzene rings is 1. The molecule has 25 heavy (non-hydrogen) atoms. The fourth-order valence-corrected chi connectivity index (χ4v) is 4.83. The Morgan fingerprint density at radius 3 is 2.48 bits per heavy atom. The fourth-order valence-electron chi connectivity index (χ4n) is 3.20. The summed E-state index contributed by atoms with van der Waals surface area (Å²) in [5, 5.41) is 11.7. The predicted octanol–water partition coefficient (Wildman–Crippen LogP) is -2.68. The van der Waals surface area contributed by atoms with E-state index in [9.17, 15) is 19.5 Å². The number of nitrogens with two attached hydrogens (primary N) is 1. The second-order valence-corrected chi connectivity index (χ2v) is 8.24. The van der Waals surface area contributed by atoms with Crippen LogP contribution >= 0.6 is 11.8 Å². The zero-order chi connectivity index (χ0) is 17.6. The third-order valence-corrected chi connectivity index (χ3v) is 5.99. The van der Waals surface area contributed by atoms with Crippen molar-refractivity contribution in [1.29, 1.82) is 0 Å². The first-order chi connectivity index (χ1) is 11.2. The number of amides is 2. The summed E-state index contributed by atoms with van der Waals surface area (Å²) in [6.45, 7) is 3.58. The Labute approximate surface area is 172 Å². The molecule has 7 nitrogen and oxygen atoms in total. The largest absolute Gasteiger partial charge is 1.00 e. The summed E-state index contributed by atoms with van der Waals surface area (Å²) < 4.78 is -0.618. The molecule has 9 heteroatoms. The second kappa shape index (κ2) is 7.28. The zero-order valence-electron chi connectivity index (χ0n) is 14.3. The molecule has 4 atom stereocenters. The van der Waals surface area contributed by atoms with Crippen LogP contribution in [-0.2, 0) is 14.4 Å². The summed E-state index contributed by atoms with van der Waals surface area (Å²) in [5.74, 6) is -1.86. The minimum atomic E-state index is -1.03. The van der Waals surface area contributed by atoms with Crippen LogP contribution in [0.1, 0.15) is 25.5 Å². The van der Waals surface area contributed by atoms with Gasteiger partial charge in [-0.3, -0.25) is 9.59 Å². The molecule has 2 aliphatic heterocycles. The van der Waals surface area contributed by atoms with Crippen LogP contribution in [0.5, 0.6) is 0 Å². The molecule has 2 aliphatic rings. The van der Waals surface area contributed by atoms with Crippen molar-refractivity contribution in [2.75, 3.05) is 0 Å². The Kier molecular flexibility index (Phi) is 5.90. The summed E-state index contributed by atoms with van der Waals surface area (Å²) in [4.78, 5) is 37.5. The van der Waals surface area contributed by atoms with Gasteiger partial charge in [-0.25, -0.2) is 4.79 Å². The number of thioether (sulfide) groups is 1. The van der Waals surface area contributed by atoms with E-state index in [1.54, 1.807) is 38.1 Å². The molecule has 0 aliphatic carbocycles. The van der Waals surface area contributed by atoms with Crippen molar-refractivity contribution < 1.29 is 49.0 Å². The first-order valence-electron chi connectivity index (χ1n) is 7.58. The number of hydrogen-bond acceptors (Lipinski definition) is 5. The standard InChI is InChI=1S/C16H19N3O4S.Na/c1-16(2)11(15(22)23)19-13(21)10(14(19)24-16)18-12(20)9(17)8-6-4-3-5-7-8;/h3-7,9-11,14H,17H2,1-2H3,(H,18,20)(H,22,23);/q;+1/t9-,10-,11+,14-;/m1./s1. The van der Waals surface area contributed by atoms with Crippen molar-refractivity contribution in [3.8, 4) is 0 Å². The Balaban J connectivity index is 0.00000225. The summed E-state index contributed by atoms with van der Waals surface area (Å²) >= 11 is 1.38. The molecule has 2 amide bonds. The molecular weight excluding hydrogens is 353 g/mol. The van der Waals surface area contributed by atoms with Gasteiger partial charge < -0.3 is 21.1 Å². The van der Waals surface area contributed by atoms with Crippen LogP contribution < -0.4 is 40.6 Å². The van der Waals surface area contributed by atoms with Crippen LogP contribution in [0.4, 0.5) is 0 Å². The van der Waals surface area contributed by atoms with Crippen LogP contribution in [0.2, 0.25) is 0 Å². The van der Waals surface area contributed by atoms with Crippen molar-refractivity contribution in [2.24, 2.45) is 5.73 Å². The maximum atomic E-state index is 12.3. The molecule has 1 aromatic carbocycles. The molecular formula is C16H19N3NaO4S+. The molecule has 0 aromatic heterocycles. The summed E-state index contributed by atoms with van der Waals surface area (Å²) in [6.07, 6.45) is 0. The Hall–Kier alpha value is -1.06. The summed E-state index contributed by atoms with van der Waals surface area (Å²) in [5.41, 5.74) is 6.59. The topological polar surface area (TPSA) is 113 Å². The first kappa shape index (κ1) is 20.3. The van der Waals surface area contributed by atoms with Crippen molar-refractivity contribution in [1.82, 2.24) is 10.2 Å². The van der Waals surface area contributed by atoms with Gasteiger partial charge in [0, 0.05) is 4.75 Å². The molecule has 3 rings (SSSR count). The van der Waals surface area contributed by atoms with E-state index in [1.165, 1.54) is 16.7 Å². The molecule has 1 aromatic rings. The van der Waals surface area contributed by atoms with Crippen molar-refractivity contribution in [3.63, 3.8) is 0 Å². The van der Waals surface area contributed by atoms with E-state index in [1.807, 2.05) is 6.07 Å². The quantitative estimate of drug-likeness (QED) is 0.392. The molecule has 0 unspecified atom stereocenters. The van der Waals surface area contributed by atoms with Gasteiger partial charge in [0.15, 0.2) is 0 Å². The molecule has 0 bridgehead atoms. The van der Waals surface area contributed by atoms with E-state index in [2.05, 4.69) is 5.32 Å². The fraction of sp³-hybridized carbons (Fsp3) is 0.438. The van der Waals surface area contributed by atoms with E-state index >= 15 is 0 Å². The van der Waals surface area contributed by atoms with E-state index < -0.39 is 34.7 Å². The molecule has 0 radical (unpaired) electrons. The number of rotatable bonds is 4. The van der Waals surface area contributed by atoms with Gasteiger partial charge in [-0.05, 0) is 19.4 Å². The zero-order valence-corrected chi connectivity index (χ0v) is 17.1. The maximum Gasteiger partial charge on any atom is 1.00 e. The Morgan fingerprint density at radius 2 is 1.92 bits per heavy atom. The van der Waals surface area contributed by atoms with Crippen LogP contribution in [0, 0.1) is 0 Å². The van der Waals surface area contributed by atoms with Crippen molar-refractivity contribution in [3.05, 3.63) is 35.9 Å². The molecule has 0 spiro atoms. The molecule has 2 saturated heterocycles. The maximum absolute atomic E-state index is 12.3. The number of β-lactam (4-membered cyclic amide) rings is 1. The number of carbonyl (C=O) groups is 3. The van der Waals surface area contributed by atoms with Gasteiger partial charge in [-0.2, -0.15) is 0 Å². The molecule has 128 valence electrons. The smallest absolute Gasteiger partial charge is 0.480 e. The normalized spacial score (nSPS) is 27.6. The SMILES string of the molecule is CC1(C)S[C@@H]2[C@H](NC(=O)[C@H](N)c3ccccc3)C(=O)N2[C@H]1C(=O)O.[Na+]. The molecule has 0 saturated carbocycles. The molecule has 4 N–H and O–H groups in total. The first-order valence-corrected chi connectivity index (χ1v) is 8.45. The van der Waals surface area contributed by atoms with Crippen LogP contribution in [0.3, 0.4) is 0 Å². The average molecular weight is 372 g/mol. The van der Waals surface area contributed by atoms with Crippen LogP contribution in [-0.4, -0.2) is 50.0 Å². The van der Waals surface area contributed by atoms with E-state index in [0.717, 1.165) is 0 Å². The second-order valence-electron chi connectivity index (χ2n) is 6.47. The number of fused-ring (bicyclic) bond motifs is 1. The Morgan fingerprint density at radius 1 is 1.32 bits per heavy atom. The minimum absolute atomic E-state index is 0. The third kappa shape index (κ3) is 3.46. The van der Waals surface area contributed by atoms with Crippen LogP contribution in [0.25, 0.3) is 0 Å². The van der Waals surface area contributed by atoms with E-state index in [-0.39, 0.29) is 40.8 Å². The number of nitrogens with zero attached hydrogens (tertiary/aromatic N) is 1. The number of carboxylic acids is 1. The monoisotopic (exact) mass is 372 g/mol. The summed E-state index contributed by atoms with van der Waals surface area (Å²) in [6, 6.07) is 6.38. The predicted molar refractivity (Wildman–Crippen MR) is 89.0 cm³/mol. The van der Waals surface area contributed by atoms with Crippen molar-refractivity contribution in [2.45, 2.75) is 42.1 Å². The van der Waals surface area contributed by atoms with Gasteiger partial charge in [0.2, 0.25) is 11.8 Å². The number of aliphatic carboxylic acids is 1. The minimum Gasteiger partial charge on any atom is -0.480 e. The average Bonchev–Trinajstić information content (AvgIpc) is 2.80. The van der Waals surface area contributed by atoms with Gasteiger partial charge in [-0.1, -0.05) is 30.3 Å². The summed E-state index contributed by atoms with van der Waals surface area (Å²) in [7, 11) is 0. The van der Waals surface area contributed by atoms with Gasteiger partial charge in [0.05, 0.1) is 0 Å².